The van der Waals surface area contributed by atoms with Crippen LogP contribution >= 0.6 is 0 Å². The first kappa shape index (κ1) is 13.5. The molecule has 2 atom stereocenters. The maximum atomic E-state index is 4.34. The van der Waals surface area contributed by atoms with E-state index in [9.17, 15) is 0 Å². The Balaban J connectivity index is 1.89. The van der Waals surface area contributed by atoms with Crippen LogP contribution < -0.4 is 5.32 Å². The Hall–Kier alpha value is -0.900. The van der Waals surface area contributed by atoms with Crippen LogP contribution in [0.25, 0.3) is 0 Å². The second kappa shape index (κ2) is 5.83. The molecule has 2 rings (SSSR count). The van der Waals surface area contributed by atoms with Gasteiger partial charge in [0.15, 0.2) is 0 Å². The summed E-state index contributed by atoms with van der Waals surface area (Å²) in [4.78, 5) is 0. The minimum absolute atomic E-state index is 0.298. The Morgan fingerprint density at radius 1 is 1.17 bits per heavy atom. The number of aromatic nitrogens is 3. The maximum absolute atomic E-state index is 4.34. The van der Waals surface area contributed by atoms with Gasteiger partial charge in [-0.25, -0.2) is 0 Å². The first-order chi connectivity index (χ1) is 8.58. The lowest BCUT2D eigenvalue weighted by Gasteiger charge is -2.20. The molecule has 0 fully saturated rings. The maximum Gasteiger partial charge on any atom is 0.149 e. The van der Waals surface area contributed by atoms with Crippen LogP contribution in [0.15, 0.2) is 0 Å². The Kier molecular flexibility index (Phi) is 4.38. The van der Waals surface area contributed by atoms with Gasteiger partial charge in [0.05, 0.1) is 6.04 Å². The van der Waals surface area contributed by atoms with E-state index >= 15 is 0 Å². The molecule has 4 heteroatoms. The third-order valence-corrected chi connectivity index (χ3v) is 3.74. The standard InChI is InChI=1S/C14H26N4/c1-10(2)7-8-11(3)15-12(4)14-17-16-13-6-5-9-18(13)14/h10-12,15H,5-9H2,1-4H3. The molecule has 0 radical (unpaired) electrons. The summed E-state index contributed by atoms with van der Waals surface area (Å²) in [6.07, 6.45) is 4.80. The molecule has 1 aliphatic rings. The van der Waals surface area contributed by atoms with Gasteiger partial charge in [-0.05, 0) is 39.0 Å². The Labute approximate surface area is 110 Å². The van der Waals surface area contributed by atoms with Crippen molar-refractivity contribution < 1.29 is 0 Å². The second-order valence-electron chi connectivity index (χ2n) is 5.99. The lowest BCUT2D eigenvalue weighted by molar-refractivity contribution is 0.402. The van der Waals surface area contributed by atoms with Gasteiger partial charge in [-0.2, -0.15) is 0 Å². The van der Waals surface area contributed by atoms with Crippen molar-refractivity contribution in [1.29, 1.82) is 0 Å². The number of hydrogen-bond donors (Lipinski definition) is 1. The summed E-state index contributed by atoms with van der Waals surface area (Å²) in [6.45, 7) is 10.1. The molecule has 1 aromatic heterocycles. The average molecular weight is 250 g/mol. The Bertz CT molecular complexity index is 383. The molecule has 0 bridgehead atoms. The molecule has 0 aromatic carbocycles. The highest BCUT2D eigenvalue weighted by atomic mass is 15.3. The molecule has 1 N–H and O–H groups in total. The minimum atomic E-state index is 0.298. The van der Waals surface area contributed by atoms with Crippen molar-refractivity contribution >= 4 is 0 Å². The van der Waals surface area contributed by atoms with E-state index in [4.69, 9.17) is 0 Å². The highest BCUT2D eigenvalue weighted by Gasteiger charge is 2.21. The van der Waals surface area contributed by atoms with Crippen LogP contribution in [0, 0.1) is 5.92 Å². The van der Waals surface area contributed by atoms with Gasteiger partial charge in [0, 0.05) is 19.0 Å². The highest BCUT2D eigenvalue weighted by Crippen LogP contribution is 2.19. The van der Waals surface area contributed by atoms with E-state index in [1.165, 1.54) is 19.3 Å². The summed E-state index contributed by atoms with van der Waals surface area (Å²) in [5.41, 5.74) is 0. The average Bonchev–Trinajstić information content (AvgIpc) is 2.87. The number of nitrogens with one attached hydrogen (secondary N) is 1. The van der Waals surface area contributed by atoms with Crippen molar-refractivity contribution in [3.8, 4) is 0 Å². The van der Waals surface area contributed by atoms with Crippen LogP contribution in [-0.2, 0) is 13.0 Å². The van der Waals surface area contributed by atoms with Gasteiger partial charge in [0.25, 0.3) is 0 Å². The summed E-state index contributed by atoms with van der Waals surface area (Å²) in [5, 5.41) is 12.3. The monoisotopic (exact) mass is 250 g/mol. The normalized spacial score (nSPS) is 18.1. The van der Waals surface area contributed by atoms with E-state index in [0.29, 0.717) is 12.1 Å². The van der Waals surface area contributed by atoms with Crippen LogP contribution in [0.1, 0.15) is 64.6 Å². The molecule has 2 unspecified atom stereocenters. The van der Waals surface area contributed by atoms with E-state index in [1.807, 2.05) is 0 Å². The van der Waals surface area contributed by atoms with Gasteiger partial charge in [0.1, 0.15) is 11.6 Å². The van der Waals surface area contributed by atoms with E-state index in [2.05, 4.69) is 47.8 Å². The van der Waals surface area contributed by atoms with Crippen LogP contribution in [0.4, 0.5) is 0 Å². The molecule has 0 spiro atoms. The quantitative estimate of drug-likeness (QED) is 0.844. The topological polar surface area (TPSA) is 42.7 Å². The zero-order valence-corrected chi connectivity index (χ0v) is 12.1. The Morgan fingerprint density at radius 2 is 1.94 bits per heavy atom. The van der Waals surface area contributed by atoms with Crippen molar-refractivity contribution in [2.45, 2.75) is 72.0 Å². The molecule has 0 saturated heterocycles. The van der Waals surface area contributed by atoms with Crippen LogP contribution in [0.5, 0.6) is 0 Å². The molecule has 0 amide bonds. The number of fused-ring (bicyclic) bond motifs is 1. The van der Waals surface area contributed by atoms with Crippen molar-refractivity contribution in [3.63, 3.8) is 0 Å². The highest BCUT2D eigenvalue weighted by molar-refractivity contribution is 5.04. The van der Waals surface area contributed by atoms with Crippen molar-refractivity contribution in [3.05, 3.63) is 11.6 Å². The number of aryl methyl sites for hydroxylation is 1. The predicted molar refractivity (Wildman–Crippen MR) is 73.4 cm³/mol. The molecular weight excluding hydrogens is 224 g/mol. The first-order valence-electron chi connectivity index (χ1n) is 7.26. The molecular formula is C14H26N4. The zero-order valence-electron chi connectivity index (χ0n) is 12.1. The summed E-state index contributed by atoms with van der Waals surface area (Å²) in [7, 11) is 0. The predicted octanol–water partition coefficient (Wildman–Crippen LogP) is 2.70. The van der Waals surface area contributed by atoms with E-state index in [1.54, 1.807) is 0 Å². The van der Waals surface area contributed by atoms with Gasteiger partial charge in [-0.15, -0.1) is 10.2 Å². The fraction of sp³-hybridized carbons (Fsp3) is 0.857. The van der Waals surface area contributed by atoms with E-state index in [0.717, 1.165) is 30.5 Å². The first-order valence-corrected chi connectivity index (χ1v) is 7.26. The zero-order chi connectivity index (χ0) is 13.1. The molecule has 0 aliphatic carbocycles. The lowest BCUT2D eigenvalue weighted by atomic mass is 10.0. The molecule has 1 aromatic rings. The summed E-state index contributed by atoms with van der Waals surface area (Å²) >= 11 is 0. The number of nitrogens with zero attached hydrogens (tertiary/aromatic N) is 3. The van der Waals surface area contributed by atoms with Crippen LogP contribution in [-0.4, -0.2) is 20.8 Å². The molecule has 0 saturated carbocycles. The fourth-order valence-corrected chi connectivity index (χ4v) is 2.66. The third kappa shape index (κ3) is 3.10. The molecule has 102 valence electrons. The van der Waals surface area contributed by atoms with Crippen LogP contribution in [0.3, 0.4) is 0 Å². The SMILES string of the molecule is CC(C)CCC(C)NC(C)c1nnc2n1CCC2. The molecule has 4 nitrogen and oxygen atoms in total. The third-order valence-electron chi connectivity index (χ3n) is 3.74. The van der Waals surface area contributed by atoms with E-state index in [-0.39, 0.29) is 0 Å². The summed E-state index contributed by atoms with van der Waals surface area (Å²) < 4.78 is 2.28. The number of hydrogen-bond acceptors (Lipinski definition) is 3. The fourth-order valence-electron chi connectivity index (χ4n) is 2.66. The van der Waals surface area contributed by atoms with E-state index < -0.39 is 0 Å². The van der Waals surface area contributed by atoms with Gasteiger partial charge >= 0.3 is 0 Å². The van der Waals surface area contributed by atoms with Gasteiger partial charge in [-0.3, -0.25) is 0 Å². The van der Waals surface area contributed by atoms with Gasteiger partial charge in [-0.1, -0.05) is 13.8 Å². The van der Waals surface area contributed by atoms with Crippen molar-refractivity contribution in [2.24, 2.45) is 5.92 Å². The van der Waals surface area contributed by atoms with Gasteiger partial charge in [0.2, 0.25) is 0 Å². The smallest absolute Gasteiger partial charge is 0.149 e. The molecule has 18 heavy (non-hydrogen) atoms. The van der Waals surface area contributed by atoms with Crippen LogP contribution in [0.2, 0.25) is 0 Å². The van der Waals surface area contributed by atoms with Crippen molar-refractivity contribution in [2.75, 3.05) is 0 Å². The summed E-state index contributed by atoms with van der Waals surface area (Å²) in [6, 6.07) is 0.836. The van der Waals surface area contributed by atoms with Gasteiger partial charge < -0.3 is 9.88 Å². The second-order valence-corrected chi connectivity index (χ2v) is 5.99. The summed E-state index contributed by atoms with van der Waals surface area (Å²) in [5.74, 6) is 3.05. The minimum Gasteiger partial charge on any atom is -0.314 e. The lowest BCUT2D eigenvalue weighted by Crippen LogP contribution is -2.30. The Morgan fingerprint density at radius 3 is 2.67 bits per heavy atom. The van der Waals surface area contributed by atoms with Crippen molar-refractivity contribution in [1.82, 2.24) is 20.1 Å². The molecule has 1 aliphatic heterocycles. The largest absolute Gasteiger partial charge is 0.314 e. The molecule has 2 heterocycles. The number of rotatable bonds is 6.